The van der Waals surface area contributed by atoms with Gasteiger partial charge in [-0.25, -0.2) is 9.18 Å². The van der Waals surface area contributed by atoms with E-state index >= 15 is 0 Å². The molecule has 7 heteroatoms. The number of aromatic nitrogens is 2. The average Bonchev–Trinajstić information content (AvgIpc) is 2.79. The third kappa shape index (κ3) is 2.11. The van der Waals surface area contributed by atoms with Crippen LogP contribution >= 0.6 is 0 Å². The maximum Gasteiger partial charge on any atom is 0.330 e. The van der Waals surface area contributed by atoms with Crippen molar-refractivity contribution in [3.8, 4) is 0 Å². The van der Waals surface area contributed by atoms with E-state index in [4.69, 9.17) is 9.84 Å². The number of nitrogens with zero attached hydrogens (tertiary/aromatic N) is 1. The number of ether oxygens (including phenoxy) is 1. The highest BCUT2D eigenvalue weighted by molar-refractivity contribution is 5.02. The number of aliphatic hydroxyl groups excluding tert-OH is 1. The summed E-state index contributed by atoms with van der Waals surface area (Å²) in [7, 11) is 0. The summed E-state index contributed by atoms with van der Waals surface area (Å²) in [5, 5.41) is 9.14. The molecule has 1 aromatic heterocycles. The fourth-order valence-electron chi connectivity index (χ4n) is 2.05. The Morgan fingerprint density at radius 3 is 2.94 bits per heavy atom. The fraction of sp³-hybridized carbons (Fsp3) is 0.636. The van der Waals surface area contributed by atoms with Gasteiger partial charge in [0.15, 0.2) is 0 Å². The van der Waals surface area contributed by atoms with Crippen LogP contribution in [-0.4, -0.2) is 33.5 Å². The van der Waals surface area contributed by atoms with Crippen LogP contribution in [0.2, 0.25) is 0 Å². The third-order valence-corrected chi connectivity index (χ3v) is 3.22. The van der Waals surface area contributed by atoms with Crippen molar-refractivity contribution >= 4 is 0 Å². The van der Waals surface area contributed by atoms with Crippen molar-refractivity contribution in [1.29, 1.82) is 0 Å². The standard InChI is InChI=1S/C11H15FN2O4/c1-7-4-14(10(17)13-9(7)16)8-2-3-11(5-12,6-15)18-8/h4,8,15H,2-3,5-6H2,1H3,(H,13,16,17)/t8-,11+/m0/s1. The summed E-state index contributed by atoms with van der Waals surface area (Å²) < 4.78 is 19.5. The maximum absolute atomic E-state index is 12.9. The molecule has 1 aliphatic rings. The predicted molar refractivity (Wildman–Crippen MR) is 61.2 cm³/mol. The number of nitrogens with one attached hydrogen (secondary N) is 1. The lowest BCUT2D eigenvalue weighted by Crippen LogP contribution is -2.38. The van der Waals surface area contributed by atoms with Crippen LogP contribution in [-0.2, 0) is 4.74 Å². The van der Waals surface area contributed by atoms with Crippen LogP contribution in [0.4, 0.5) is 4.39 Å². The van der Waals surface area contributed by atoms with Gasteiger partial charge in [0.1, 0.15) is 18.5 Å². The molecule has 18 heavy (non-hydrogen) atoms. The Hall–Kier alpha value is -1.47. The molecule has 100 valence electrons. The van der Waals surface area contributed by atoms with E-state index in [2.05, 4.69) is 4.98 Å². The summed E-state index contributed by atoms with van der Waals surface area (Å²) in [5.41, 5.74) is -1.90. The first-order valence-corrected chi connectivity index (χ1v) is 5.68. The van der Waals surface area contributed by atoms with Crippen molar-refractivity contribution in [2.75, 3.05) is 13.3 Å². The summed E-state index contributed by atoms with van der Waals surface area (Å²) in [5.74, 6) is 0. The Kier molecular flexibility index (Phi) is 3.36. The smallest absolute Gasteiger partial charge is 0.330 e. The van der Waals surface area contributed by atoms with Crippen molar-refractivity contribution in [3.05, 3.63) is 32.6 Å². The van der Waals surface area contributed by atoms with Gasteiger partial charge < -0.3 is 9.84 Å². The molecule has 2 heterocycles. The van der Waals surface area contributed by atoms with Crippen molar-refractivity contribution in [3.63, 3.8) is 0 Å². The van der Waals surface area contributed by atoms with Crippen LogP contribution in [0.15, 0.2) is 15.8 Å². The maximum atomic E-state index is 12.9. The molecule has 0 amide bonds. The normalized spacial score (nSPS) is 27.6. The first kappa shape index (κ1) is 13.0. The Morgan fingerprint density at radius 2 is 2.39 bits per heavy atom. The quantitative estimate of drug-likeness (QED) is 0.790. The second-order valence-corrected chi connectivity index (χ2v) is 4.56. The number of aromatic amines is 1. The van der Waals surface area contributed by atoms with Gasteiger partial charge in [0.25, 0.3) is 5.56 Å². The lowest BCUT2D eigenvalue weighted by Gasteiger charge is -2.24. The molecule has 2 N–H and O–H groups in total. The van der Waals surface area contributed by atoms with Crippen LogP contribution in [0.3, 0.4) is 0 Å². The molecule has 2 atom stereocenters. The molecule has 0 aromatic carbocycles. The van der Waals surface area contributed by atoms with E-state index in [0.29, 0.717) is 18.4 Å². The second-order valence-electron chi connectivity index (χ2n) is 4.56. The number of hydrogen-bond acceptors (Lipinski definition) is 4. The molecule has 1 aliphatic heterocycles. The molecule has 0 radical (unpaired) electrons. The number of rotatable bonds is 3. The Bertz CT molecular complexity index is 547. The van der Waals surface area contributed by atoms with E-state index < -0.39 is 36.4 Å². The number of hydrogen-bond donors (Lipinski definition) is 2. The van der Waals surface area contributed by atoms with Gasteiger partial charge in [0.2, 0.25) is 0 Å². The summed E-state index contributed by atoms with van der Waals surface area (Å²) in [6.45, 7) is 0.326. The molecule has 2 rings (SSSR count). The highest BCUT2D eigenvalue weighted by Gasteiger charge is 2.41. The average molecular weight is 258 g/mol. The molecule has 1 saturated heterocycles. The lowest BCUT2D eigenvalue weighted by atomic mass is 10.0. The van der Waals surface area contributed by atoms with E-state index in [-0.39, 0.29) is 0 Å². The van der Waals surface area contributed by atoms with Crippen molar-refractivity contribution in [2.45, 2.75) is 31.6 Å². The van der Waals surface area contributed by atoms with Crippen molar-refractivity contribution in [2.24, 2.45) is 0 Å². The van der Waals surface area contributed by atoms with Crippen LogP contribution < -0.4 is 11.2 Å². The molecule has 0 bridgehead atoms. The van der Waals surface area contributed by atoms with Gasteiger partial charge >= 0.3 is 5.69 Å². The number of halogens is 1. The van der Waals surface area contributed by atoms with E-state index in [0.717, 1.165) is 0 Å². The first-order valence-electron chi connectivity index (χ1n) is 5.68. The van der Waals surface area contributed by atoms with Crippen molar-refractivity contribution < 1.29 is 14.2 Å². The molecule has 1 aromatic rings. The molecule has 1 fully saturated rings. The highest BCUT2D eigenvalue weighted by atomic mass is 19.1. The Labute approximate surface area is 102 Å². The summed E-state index contributed by atoms with van der Waals surface area (Å²) in [6, 6.07) is 0. The topological polar surface area (TPSA) is 84.3 Å². The molecule has 0 aliphatic carbocycles. The van der Waals surface area contributed by atoms with Gasteiger partial charge in [0, 0.05) is 11.8 Å². The monoisotopic (exact) mass is 258 g/mol. The summed E-state index contributed by atoms with van der Waals surface area (Å²) in [6.07, 6.45) is 1.47. The van der Waals surface area contributed by atoms with Gasteiger partial charge in [-0.3, -0.25) is 14.3 Å². The van der Waals surface area contributed by atoms with E-state index in [1.807, 2.05) is 0 Å². The Morgan fingerprint density at radius 1 is 1.67 bits per heavy atom. The summed E-state index contributed by atoms with van der Waals surface area (Å²) in [4.78, 5) is 25.0. The minimum Gasteiger partial charge on any atom is -0.393 e. The van der Waals surface area contributed by atoms with Crippen molar-refractivity contribution in [1.82, 2.24) is 9.55 Å². The Balaban J connectivity index is 2.33. The number of alkyl halides is 1. The zero-order valence-electron chi connectivity index (χ0n) is 9.98. The molecule has 0 saturated carbocycles. The highest BCUT2D eigenvalue weighted by Crippen LogP contribution is 2.35. The van der Waals surface area contributed by atoms with Gasteiger partial charge in [-0.2, -0.15) is 0 Å². The fourth-order valence-corrected chi connectivity index (χ4v) is 2.05. The SMILES string of the molecule is Cc1cn([C@@H]2CC[C@](CO)(CF)O2)c(=O)[nH]c1=O. The molecule has 6 nitrogen and oxygen atoms in total. The zero-order valence-corrected chi connectivity index (χ0v) is 9.98. The van der Waals surface area contributed by atoms with Gasteiger partial charge in [-0.1, -0.05) is 0 Å². The second kappa shape index (κ2) is 4.66. The van der Waals surface area contributed by atoms with Crippen LogP contribution in [0, 0.1) is 6.92 Å². The van der Waals surface area contributed by atoms with E-state index in [9.17, 15) is 14.0 Å². The largest absolute Gasteiger partial charge is 0.393 e. The summed E-state index contributed by atoms with van der Waals surface area (Å²) >= 11 is 0. The van der Waals surface area contributed by atoms with E-state index in [1.54, 1.807) is 6.92 Å². The number of aryl methyl sites for hydroxylation is 1. The lowest BCUT2D eigenvalue weighted by molar-refractivity contribution is -0.109. The number of aliphatic hydroxyl groups is 1. The first-order chi connectivity index (χ1) is 8.51. The minimum atomic E-state index is -1.23. The zero-order chi connectivity index (χ0) is 13.3. The van der Waals surface area contributed by atoms with Crippen LogP contribution in [0.1, 0.15) is 24.6 Å². The third-order valence-electron chi connectivity index (χ3n) is 3.22. The molecule has 0 spiro atoms. The van der Waals surface area contributed by atoms with E-state index in [1.165, 1.54) is 10.8 Å². The molecule has 0 unspecified atom stereocenters. The number of H-pyrrole nitrogens is 1. The van der Waals surface area contributed by atoms with Gasteiger partial charge in [0.05, 0.1) is 6.61 Å². The molecular formula is C11H15FN2O4. The van der Waals surface area contributed by atoms with Gasteiger partial charge in [-0.05, 0) is 19.8 Å². The predicted octanol–water partition coefficient (Wildman–Crippen LogP) is -0.145. The molecular weight excluding hydrogens is 243 g/mol. The minimum absolute atomic E-state index is 0.329. The van der Waals surface area contributed by atoms with Crippen LogP contribution in [0.25, 0.3) is 0 Å². The van der Waals surface area contributed by atoms with Gasteiger partial charge in [-0.15, -0.1) is 0 Å². The van der Waals surface area contributed by atoms with Crippen LogP contribution in [0.5, 0.6) is 0 Å².